The molecule has 0 bridgehead atoms. The number of aliphatic hydroxyl groups excluding tert-OH is 1. The fourth-order valence-electron chi connectivity index (χ4n) is 1.90. The van der Waals surface area contributed by atoms with Gasteiger partial charge in [-0.1, -0.05) is 0 Å². The molecule has 0 amide bonds. The van der Waals surface area contributed by atoms with Gasteiger partial charge in [0.05, 0.1) is 17.6 Å². The van der Waals surface area contributed by atoms with Crippen molar-refractivity contribution in [2.24, 2.45) is 11.1 Å². The zero-order chi connectivity index (χ0) is 16.9. The molecule has 0 heterocycles. The number of carbonyl (C=O) groups excluding carboxylic acids is 2. The highest BCUT2D eigenvalue weighted by molar-refractivity contribution is 5.94. The second kappa shape index (κ2) is 7.33. The number of ketones is 1. The third-order valence-corrected chi connectivity index (χ3v) is 3.72. The van der Waals surface area contributed by atoms with Crippen molar-refractivity contribution in [2.75, 3.05) is 20.3 Å². The van der Waals surface area contributed by atoms with Gasteiger partial charge in [0.2, 0.25) is 0 Å². The first-order valence-corrected chi connectivity index (χ1v) is 7.08. The minimum atomic E-state index is -1.09. The van der Waals surface area contributed by atoms with E-state index in [0.29, 0.717) is 12.8 Å². The Bertz CT molecular complexity index is 374. The lowest BCUT2D eigenvalue weighted by Crippen LogP contribution is -2.55. The smallest absolute Gasteiger partial charge is 0.311 e. The molecule has 0 aromatic heterocycles. The minimum Gasteiger partial charge on any atom is -0.463 e. The van der Waals surface area contributed by atoms with E-state index >= 15 is 0 Å². The van der Waals surface area contributed by atoms with Gasteiger partial charge in [0.1, 0.15) is 12.2 Å². The molecular weight excluding hydrogens is 274 g/mol. The largest absolute Gasteiger partial charge is 0.463 e. The molecule has 0 aliphatic rings. The second-order valence-electron chi connectivity index (χ2n) is 6.70. The van der Waals surface area contributed by atoms with Gasteiger partial charge in [0.25, 0.3) is 0 Å². The molecule has 3 N–H and O–H groups in total. The summed E-state index contributed by atoms with van der Waals surface area (Å²) in [5, 5.41) is 8.67. The van der Waals surface area contributed by atoms with Gasteiger partial charge in [0.15, 0.2) is 5.78 Å². The normalized spacial score (nSPS) is 15.4. The first-order chi connectivity index (χ1) is 9.40. The van der Waals surface area contributed by atoms with Gasteiger partial charge in [0, 0.05) is 7.11 Å². The molecule has 0 aromatic rings. The van der Waals surface area contributed by atoms with Crippen LogP contribution in [-0.2, 0) is 19.1 Å². The molecule has 21 heavy (non-hydrogen) atoms. The molecule has 0 fully saturated rings. The monoisotopic (exact) mass is 303 g/mol. The van der Waals surface area contributed by atoms with Gasteiger partial charge in [-0.25, -0.2) is 0 Å². The highest BCUT2D eigenvalue weighted by Gasteiger charge is 2.41. The van der Waals surface area contributed by atoms with Gasteiger partial charge in [-0.15, -0.1) is 0 Å². The average molecular weight is 303 g/mol. The van der Waals surface area contributed by atoms with E-state index in [0.717, 1.165) is 0 Å². The Labute approximate surface area is 127 Å². The lowest BCUT2D eigenvalue weighted by Gasteiger charge is -2.34. The van der Waals surface area contributed by atoms with Crippen LogP contribution in [0.1, 0.15) is 47.5 Å². The lowest BCUT2D eigenvalue weighted by molar-refractivity contribution is -0.156. The van der Waals surface area contributed by atoms with Gasteiger partial charge in [-0.2, -0.15) is 0 Å². The summed E-state index contributed by atoms with van der Waals surface area (Å²) >= 11 is 0. The molecule has 0 rings (SSSR count). The Balaban J connectivity index is 4.75. The Morgan fingerprint density at radius 3 is 2.05 bits per heavy atom. The summed E-state index contributed by atoms with van der Waals surface area (Å²) in [5.41, 5.74) is 3.28. The first-order valence-electron chi connectivity index (χ1n) is 7.08. The maximum Gasteiger partial charge on any atom is 0.311 e. The van der Waals surface area contributed by atoms with Crippen molar-refractivity contribution in [3.63, 3.8) is 0 Å². The predicted octanol–water partition coefficient (Wildman–Crippen LogP) is 1.04. The summed E-state index contributed by atoms with van der Waals surface area (Å²) in [5.74, 6) is -0.622. The Kier molecular flexibility index (Phi) is 6.99. The number of carbonyl (C=O) groups is 2. The Morgan fingerprint density at radius 2 is 1.62 bits per heavy atom. The molecule has 124 valence electrons. The molecule has 0 aliphatic heterocycles. The van der Waals surface area contributed by atoms with Crippen LogP contribution in [0.15, 0.2) is 0 Å². The molecule has 6 heteroatoms. The van der Waals surface area contributed by atoms with Crippen molar-refractivity contribution >= 4 is 11.8 Å². The number of methoxy groups -OCH3 is 1. The van der Waals surface area contributed by atoms with Crippen LogP contribution < -0.4 is 5.73 Å². The van der Waals surface area contributed by atoms with E-state index in [4.69, 9.17) is 20.3 Å². The summed E-state index contributed by atoms with van der Waals surface area (Å²) in [6, 6.07) is 0. The van der Waals surface area contributed by atoms with Crippen LogP contribution in [0.25, 0.3) is 0 Å². The number of hydrogen-bond acceptors (Lipinski definition) is 6. The quantitative estimate of drug-likeness (QED) is 0.617. The molecule has 0 saturated heterocycles. The van der Waals surface area contributed by atoms with Crippen molar-refractivity contribution in [3.8, 4) is 0 Å². The van der Waals surface area contributed by atoms with Crippen molar-refractivity contribution in [1.29, 1.82) is 0 Å². The van der Waals surface area contributed by atoms with E-state index in [-0.39, 0.29) is 19.0 Å². The predicted molar refractivity (Wildman–Crippen MR) is 79.7 cm³/mol. The zero-order valence-electron chi connectivity index (χ0n) is 14.0. The van der Waals surface area contributed by atoms with Crippen molar-refractivity contribution in [2.45, 2.75) is 58.6 Å². The summed E-state index contributed by atoms with van der Waals surface area (Å²) < 4.78 is 10.1. The molecule has 1 unspecified atom stereocenters. The maximum absolute atomic E-state index is 12.4. The first kappa shape index (κ1) is 20.0. The SMILES string of the molecule is COC(C)(C)C(=O)C(C)(N)CCC(C)(C)C(=O)OCCO. The van der Waals surface area contributed by atoms with Crippen LogP contribution in [0, 0.1) is 5.41 Å². The number of aliphatic hydroxyl groups is 1. The van der Waals surface area contributed by atoms with E-state index in [9.17, 15) is 9.59 Å². The van der Waals surface area contributed by atoms with Crippen LogP contribution in [0.5, 0.6) is 0 Å². The topological polar surface area (TPSA) is 98.9 Å². The van der Waals surface area contributed by atoms with Crippen LogP contribution in [0.4, 0.5) is 0 Å². The summed E-state index contributed by atoms with van der Waals surface area (Å²) in [7, 11) is 1.46. The van der Waals surface area contributed by atoms with Crippen molar-refractivity contribution < 1.29 is 24.2 Å². The minimum absolute atomic E-state index is 0.0300. The second-order valence-corrected chi connectivity index (χ2v) is 6.70. The number of hydrogen-bond donors (Lipinski definition) is 2. The van der Waals surface area contributed by atoms with Gasteiger partial charge in [-0.05, 0) is 47.5 Å². The van der Waals surface area contributed by atoms with Gasteiger partial charge >= 0.3 is 5.97 Å². The third-order valence-electron chi connectivity index (χ3n) is 3.72. The standard InChI is InChI=1S/C15H29NO5/c1-13(2,12(19)21-10-9-17)7-8-15(5,16)11(18)14(3,4)20-6/h17H,7-10,16H2,1-6H3. The third kappa shape index (κ3) is 5.73. The van der Waals surface area contributed by atoms with Crippen LogP contribution in [-0.4, -0.2) is 48.3 Å². The highest BCUT2D eigenvalue weighted by Crippen LogP contribution is 2.29. The molecular formula is C15H29NO5. The van der Waals surface area contributed by atoms with Crippen LogP contribution >= 0.6 is 0 Å². The number of rotatable bonds is 9. The Morgan fingerprint density at radius 1 is 1.10 bits per heavy atom. The van der Waals surface area contributed by atoms with E-state index in [1.54, 1.807) is 34.6 Å². The maximum atomic E-state index is 12.4. The van der Waals surface area contributed by atoms with Crippen LogP contribution in [0.2, 0.25) is 0 Å². The summed E-state index contributed by atoms with van der Waals surface area (Å²) in [6.45, 7) is 8.20. The number of Topliss-reactive ketones (excluding diaryl/α,β-unsaturated/α-hetero) is 1. The number of ether oxygens (including phenoxy) is 2. The Hall–Kier alpha value is -0.980. The number of esters is 1. The van der Waals surface area contributed by atoms with Gasteiger partial charge < -0.3 is 20.3 Å². The highest BCUT2D eigenvalue weighted by atomic mass is 16.5. The molecule has 0 saturated carbocycles. The molecule has 6 nitrogen and oxygen atoms in total. The van der Waals surface area contributed by atoms with E-state index in [1.165, 1.54) is 7.11 Å². The molecule has 0 radical (unpaired) electrons. The zero-order valence-corrected chi connectivity index (χ0v) is 14.0. The van der Waals surface area contributed by atoms with Crippen molar-refractivity contribution in [1.82, 2.24) is 0 Å². The van der Waals surface area contributed by atoms with Gasteiger partial charge in [-0.3, -0.25) is 9.59 Å². The molecule has 0 spiro atoms. The molecule has 0 aliphatic carbocycles. The van der Waals surface area contributed by atoms with Crippen LogP contribution in [0.3, 0.4) is 0 Å². The van der Waals surface area contributed by atoms with E-state index in [1.807, 2.05) is 0 Å². The van der Waals surface area contributed by atoms with E-state index in [2.05, 4.69) is 0 Å². The molecule has 0 aromatic carbocycles. The van der Waals surface area contributed by atoms with Crippen molar-refractivity contribution in [3.05, 3.63) is 0 Å². The van der Waals surface area contributed by atoms with E-state index < -0.39 is 22.5 Å². The average Bonchev–Trinajstić information content (AvgIpc) is 2.41. The fourth-order valence-corrected chi connectivity index (χ4v) is 1.90. The summed E-state index contributed by atoms with van der Waals surface area (Å²) in [6.07, 6.45) is 0.732. The summed E-state index contributed by atoms with van der Waals surface area (Å²) in [4.78, 5) is 24.3. The fraction of sp³-hybridized carbons (Fsp3) is 0.867. The molecule has 1 atom stereocenters. The number of nitrogens with two attached hydrogens (primary N) is 1. The lowest BCUT2D eigenvalue weighted by atomic mass is 9.78.